The molecule has 0 atom stereocenters. The molecule has 9 nitrogen and oxygen atoms in total. The monoisotopic (exact) mass is 532 g/mol. The number of amides is 3. The molecule has 3 aliphatic rings. The fraction of sp³-hybridized carbons (Fsp3) is 0.556. The van der Waals surface area contributed by atoms with Crippen LogP contribution >= 0.6 is 11.6 Å². The molecule has 0 bridgehead atoms. The standard InChI is InChI=1S/C17H19NO3.C10H18ClN3O2/c19-17(18-10-4-1-5-11-18)7-3-2-6-14-8-9-15-16(12-14)21-13-20-15;1-8-2-4-9(5-3-8)12-10(15)14(13-16)7-6-11/h2-3,6-9,12H,1,4-5,10-11,13H2;8-9H,2-7H2,1H3,(H,12,15). The number of carbonyl (C=O) groups is 2. The molecule has 1 aliphatic carbocycles. The Morgan fingerprint density at radius 1 is 1.11 bits per heavy atom. The summed E-state index contributed by atoms with van der Waals surface area (Å²) in [5, 5.41) is 6.29. The molecule has 2 heterocycles. The van der Waals surface area contributed by atoms with E-state index in [4.69, 9.17) is 21.1 Å². The minimum Gasteiger partial charge on any atom is -0.454 e. The van der Waals surface area contributed by atoms with E-state index in [1.54, 1.807) is 12.2 Å². The Hall–Kier alpha value is -3.07. The molecule has 3 amide bonds. The largest absolute Gasteiger partial charge is 0.454 e. The first kappa shape index (κ1) is 28.5. The molecule has 10 heteroatoms. The van der Waals surface area contributed by atoms with Gasteiger partial charge in [-0.25, -0.2) is 4.79 Å². The summed E-state index contributed by atoms with van der Waals surface area (Å²) in [5.41, 5.74) is 1.02. The molecule has 1 saturated carbocycles. The number of halogens is 1. The summed E-state index contributed by atoms with van der Waals surface area (Å²) in [5.74, 6) is 2.59. The summed E-state index contributed by atoms with van der Waals surface area (Å²) < 4.78 is 10.6. The lowest BCUT2D eigenvalue weighted by molar-refractivity contribution is -0.126. The highest BCUT2D eigenvalue weighted by atomic mass is 35.5. The average molecular weight is 533 g/mol. The van der Waals surface area contributed by atoms with Gasteiger partial charge in [-0.2, -0.15) is 5.01 Å². The number of allylic oxidation sites excluding steroid dienone is 2. The molecule has 1 saturated heterocycles. The molecule has 1 aromatic rings. The Kier molecular flexibility index (Phi) is 11.7. The van der Waals surface area contributed by atoms with Crippen molar-refractivity contribution < 1.29 is 19.1 Å². The number of nitrogens with zero attached hydrogens (tertiary/aromatic N) is 3. The van der Waals surface area contributed by atoms with Crippen LogP contribution in [0, 0.1) is 10.8 Å². The predicted octanol–water partition coefficient (Wildman–Crippen LogP) is 5.49. The van der Waals surface area contributed by atoms with E-state index >= 15 is 0 Å². The highest BCUT2D eigenvalue weighted by molar-refractivity contribution is 6.18. The molecule has 0 radical (unpaired) electrons. The molecular formula is C27H37ClN4O5. The Morgan fingerprint density at radius 2 is 1.84 bits per heavy atom. The molecule has 202 valence electrons. The van der Waals surface area contributed by atoms with Gasteiger partial charge in [-0.15, -0.1) is 16.5 Å². The van der Waals surface area contributed by atoms with E-state index in [0.717, 1.165) is 79.6 Å². The van der Waals surface area contributed by atoms with Gasteiger partial charge in [0, 0.05) is 31.1 Å². The molecule has 0 unspecified atom stereocenters. The van der Waals surface area contributed by atoms with Gasteiger partial charge in [-0.1, -0.05) is 31.2 Å². The zero-order chi connectivity index (χ0) is 26.5. The van der Waals surface area contributed by atoms with Crippen molar-refractivity contribution in [2.24, 2.45) is 11.2 Å². The van der Waals surface area contributed by atoms with E-state index < -0.39 is 6.03 Å². The first-order chi connectivity index (χ1) is 18.0. The topological polar surface area (TPSA) is 101 Å². The fourth-order valence-corrected chi connectivity index (χ4v) is 4.61. The first-order valence-electron chi connectivity index (χ1n) is 13.0. The molecule has 2 fully saturated rings. The second-order valence-corrected chi connectivity index (χ2v) is 9.89. The van der Waals surface area contributed by atoms with Gasteiger partial charge in [0.05, 0.1) is 11.8 Å². The number of fused-ring (bicyclic) bond motifs is 1. The van der Waals surface area contributed by atoms with Crippen LogP contribution in [0.3, 0.4) is 0 Å². The van der Waals surface area contributed by atoms with Crippen LogP contribution in [-0.2, 0) is 4.79 Å². The van der Waals surface area contributed by atoms with E-state index in [-0.39, 0.29) is 31.2 Å². The lowest BCUT2D eigenvalue weighted by atomic mass is 9.87. The molecule has 4 rings (SSSR count). The van der Waals surface area contributed by atoms with Gasteiger partial charge in [0.25, 0.3) is 0 Å². The fourth-order valence-electron chi connectivity index (χ4n) is 4.45. The Labute approximate surface area is 223 Å². The van der Waals surface area contributed by atoms with Gasteiger partial charge >= 0.3 is 6.03 Å². The van der Waals surface area contributed by atoms with E-state index in [1.165, 1.54) is 6.42 Å². The lowest BCUT2D eigenvalue weighted by Crippen LogP contribution is -2.44. The predicted molar refractivity (Wildman–Crippen MR) is 144 cm³/mol. The normalized spacial score (nSPS) is 20.9. The van der Waals surface area contributed by atoms with Crippen molar-refractivity contribution in [2.45, 2.75) is 57.9 Å². The van der Waals surface area contributed by atoms with Crippen LogP contribution in [0.1, 0.15) is 57.4 Å². The van der Waals surface area contributed by atoms with Crippen LogP contribution in [0.2, 0.25) is 0 Å². The number of hydrogen-bond acceptors (Lipinski definition) is 6. The van der Waals surface area contributed by atoms with Crippen LogP contribution in [-0.4, -0.2) is 60.2 Å². The highest BCUT2D eigenvalue weighted by Gasteiger charge is 2.22. The summed E-state index contributed by atoms with van der Waals surface area (Å²) >= 11 is 5.46. The van der Waals surface area contributed by atoms with Crippen LogP contribution in [0.25, 0.3) is 6.08 Å². The average Bonchev–Trinajstić information content (AvgIpc) is 3.40. The number of nitrogens with one attached hydrogen (secondary N) is 1. The number of ether oxygens (including phenoxy) is 2. The number of carbonyl (C=O) groups excluding carboxylic acids is 2. The lowest BCUT2D eigenvalue weighted by Gasteiger charge is -2.27. The first-order valence-corrected chi connectivity index (χ1v) is 13.5. The third-order valence-corrected chi connectivity index (χ3v) is 6.84. The SMILES string of the molecule is CC1CCC(NC(=O)N(CCCl)N=O)CC1.O=C(C=CC=Cc1ccc2c(c1)OCO2)N1CCCCC1. The maximum absolute atomic E-state index is 11.9. The number of rotatable bonds is 7. The minimum absolute atomic E-state index is 0.102. The van der Waals surface area contributed by atoms with Gasteiger partial charge < -0.3 is 19.7 Å². The van der Waals surface area contributed by atoms with Gasteiger partial charge in [0.2, 0.25) is 12.7 Å². The van der Waals surface area contributed by atoms with Crippen molar-refractivity contribution in [3.8, 4) is 11.5 Å². The molecule has 0 aromatic heterocycles. The number of alkyl halides is 1. The van der Waals surface area contributed by atoms with Gasteiger partial charge in [0.15, 0.2) is 11.5 Å². The zero-order valence-corrected chi connectivity index (χ0v) is 22.2. The maximum Gasteiger partial charge on any atom is 0.340 e. The number of nitroso groups, excluding NO2 is 1. The van der Waals surface area contributed by atoms with E-state index in [9.17, 15) is 14.5 Å². The van der Waals surface area contributed by atoms with Crippen molar-refractivity contribution in [2.75, 3.05) is 32.3 Å². The number of piperidine rings is 1. The third-order valence-electron chi connectivity index (χ3n) is 6.68. The van der Waals surface area contributed by atoms with Gasteiger partial charge in [-0.3, -0.25) is 4.79 Å². The summed E-state index contributed by atoms with van der Waals surface area (Å²) in [6, 6.07) is 5.52. The van der Waals surface area contributed by atoms with Crippen molar-refractivity contribution in [1.29, 1.82) is 0 Å². The Bertz CT molecular complexity index is 956. The van der Waals surface area contributed by atoms with Crippen molar-refractivity contribution in [3.05, 3.63) is 46.9 Å². The van der Waals surface area contributed by atoms with Crippen LogP contribution in [0.15, 0.2) is 41.7 Å². The van der Waals surface area contributed by atoms with E-state index in [0.29, 0.717) is 0 Å². The second-order valence-electron chi connectivity index (χ2n) is 9.52. The van der Waals surface area contributed by atoms with Crippen LogP contribution in [0.5, 0.6) is 11.5 Å². The second kappa shape index (κ2) is 15.2. The molecule has 37 heavy (non-hydrogen) atoms. The minimum atomic E-state index is -0.435. The summed E-state index contributed by atoms with van der Waals surface area (Å²) in [7, 11) is 0. The molecule has 2 aliphatic heterocycles. The number of benzene rings is 1. The smallest absolute Gasteiger partial charge is 0.340 e. The van der Waals surface area contributed by atoms with Gasteiger partial charge in [-0.05, 0) is 68.6 Å². The van der Waals surface area contributed by atoms with Gasteiger partial charge in [0.1, 0.15) is 0 Å². The molecule has 1 aromatic carbocycles. The number of likely N-dealkylation sites (tertiary alicyclic amines) is 1. The van der Waals surface area contributed by atoms with Crippen molar-refractivity contribution in [1.82, 2.24) is 15.2 Å². The number of hydrogen-bond donors (Lipinski definition) is 1. The number of urea groups is 1. The maximum atomic E-state index is 11.9. The summed E-state index contributed by atoms with van der Waals surface area (Å²) in [6.07, 6.45) is 14.9. The van der Waals surface area contributed by atoms with Crippen molar-refractivity contribution >= 4 is 29.6 Å². The Morgan fingerprint density at radius 3 is 2.54 bits per heavy atom. The van der Waals surface area contributed by atoms with E-state index in [1.807, 2.05) is 35.3 Å². The molecule has 0 spiro atoms. The van der Waals surface area contributed by atoms with E-state index in [2.05, 4.69) is 17.5 Å². The zero-order valence-electron chi connectivity index (χ0n) is 21.4. The van der Waals surface area contributed by atoms with Crippen LogP contribution < -0.4 is 14.8 Å². The summed E-state index contributed by atoms with van der Waals surface area (Å²) in [4.78, 5) is 35.8. The molecule has 1 N–H and O–H groups in total. The third kappa shape index (κ3) is 9.39. The quantitative estimate of drug-likeness (QED) is 0.164. The molecular weight excluding hydrogens is 496 g/mol. The van der Waals surface area contributed by atoms with Crippen LogP contribution in [0.4, 0.5) is 4.79 Å². The summed E-state index contributed by atoms with van der Waals surface area (Å²) in [6.45, 7) is 4.42. The highest BCUT2D eigenvalue weighted by Crippen LogP contribution is 2.32. The van der Waals surface area contributed by atoms with Crippen molar-refractivity contribution in [3.63, 3.8) is 0 Å². The Balaban J connectivity index is 0.000000214.